The quantitative estimate of drug-likeness (QED) is 0.484. The summed E-state index contributed by atoms with van der Waals surface area (Å²) < 4.78 is 5.28. The Bertz CT molecular complexity index is 439. The van der Waals surface area contributed by atoms with Gasteiger partial charge in [-0.25, -0.2) is 4.99 Å². The predicted octanol–water partition coefficient (Wildman–Crippen LogP) is 2.82. The molecule has 5 heteroatoms. The van der Waals surface area contributed by atoms with Gasteiger partial charge in [0.1, 0.15) is 5.75 Å². The van der Waals surface area contributed by atoms with Gasteiger partial charge in [0.25, 0.3) is 0 Å². The number of nitrogens with one attached hydrogen (secondary N) is 1. The van der Waals surface area contributed by atoms with Crippen LogP contribution in [0.25, 0.3) is 0 Å². The highest BCUT2D eigenvalue weighted by Crippen LogP contribution is 2.19. The van der Waals surface area contributed by atoms with Gasteiger partial charge in [-0.2, -0.15) is 0 Å². The average molecular weight is 377 g/mol. The summed E-state index contributed by atoms with van der Waals surface area (Å²) >= 11 is 0. The average Bonchev–Trinajstić information content (AvgIpc) is 2.25. The molecule has 0 aliphatic rings. The fourth-order valence-electron chi connectivity index (χ4n) is 1.56. The van der Waals surface area contributed by atoms with Gasteiger partial charge in [0.2, 0.25) is 0 Å². The smallest absolute Gasteiger partial charge is 0.189 e. The molecule has 0 aliphatic carbocycles. The van der Waals surface area contributed by atoms with Crippen LogP contribution in [-0.2, 0) is 6.54 Å². The van der Waals surface area contributed by atoms with Crippen LogP contribution in [0.15, 0.2) is 23.2 Å². The number of aliphatic imine (C=N–C) groups is 1. The molecule has 0 saturated heterocycles. The van der Waals surface area contributed by atoms with Crippen molar-refractivity contribution in [3.8, 4) is 5.75 Å². The molecule has 0 bridgehead atoms. The fraction of sp³-hybridized carbons (Fsp3) is 0.500. The molecule has 19 heavy (non-hydrogen) atoms. The Kier molecular flexibility index (Phi) is 7.18. The lowest BCUT2D eigenvalue weighted by Crippen LogP contribution is -2.44. The summed E-state index contributed by atoms with van der Waals surface area (Å²) in [5, 5.41) is 3.13. The Morgan fingerprint density at radius 1 is 1.37 bits per heavy atom. The Balaban J connectivity index is 0.00000324. The number of rotatable bonds is 3. The molecular weight excluding hydrogens is 353 g/mol. The minimum absolute atomic E-state index is 0. The number of aryl methyl sites for hydroxylation is 1. The molecular formula is C14H24IN3O. The molecule has 108 valence electrons. The SMILES string of the molecule is COc1cc(CN=C(N)NC(C)(C)C)ccc1C.I. The second kappa shape index (κ2) is 7.57. The van der Waals surface area contributed by atoms with Crippen LogP contribution in [-0.4, -0.2) is 18.6 Å². The second-order valence-electron chi connectivity index (χ2n) is 5.38. The van der Waals surface area contributed by atoms with E-state index in [1.54, 1.807) is 7.11 Å². The number of guanidine groups is 1. The van der Waals surface area contributed by atoms with Crippen LogP contribution in [0.5, 0.6) is 5.75 Å². The van der Waals surface area contributed by atoms with Gasteiger partial charge >= 0.3 is 0 Å². The number of benzene rings is 1. The Morgan fingerprint density at radius 2 is 2.00 bits per heavy atom. The summed E-state index contributed by atoms with van der Waals surface area (Å²) in [5.41, 5.74) is 7.94. The number of halogens is 1. The maximum Gasteiger partial charge on any atom is 0.189 e. The zero-order chi connectivity index (χ0) is 13.8. The van der Waals surface area contributed by atoms with Gasteiger partial charge < -0.3 is 15.8 Å². The number of nitrogens with zero attached hydrogens (tertiary/aromatic N) is 1. The van der Waals surface area contributed by atoms with E-state index in [9.17, 15) is 0 Å². The molecule has 0 saturated carbocycles. The summed E-state index contributed by atoms with van der Waals surface area (Å²) in [6.07, 6.45) is 0. The summed E-state index contributed by atoms with van der Waals surface area (Å²) in [6.45, 7) is 8.70. The molecule has 1 aromatic carbocycles. The van der Waals surface area contributed by atoms with Gasteiger partial charge in [0.15, 0.2) is 5.96 Å². The first-order valence-corrected chi connectivity index (χ1v) is 6.03. The van der Waals surface area contributed by atoms with E-state index in [-0.39, 0.29) is 29.5 Å². The predicted molar refractivity (Wildman–Crippen MR) is 91.4 cm³/mol. The highest BCUT2D eigenvalue weighted by Gasteiger charge is 2.09. The van der Waals surface area contributed by atoms with Crippen LogP contribution in [0.3, 0.4) is 0 Å². The number of methoxy groups -OCH3 is 1. The standard InChI is InChI=1S/C14H23N3O.HI/c1-10-6-7-11(8-12(10)18-5)9-16-13(15)17-14(2,3)4;/h6-8H,9H2,1-5H3,(H3,15,16,17);1H. The molecule has 0 spiro atoms. The summed E-state index contributed by atoms with van der Waals surface area (Å²) in [4.78, 5) is 4.31. The molecule has 4 nitrogen and oxygen atoms in total. The third-order valence-corrected chi connectivity index (χ3v) is 2.41. The molecule has 0 amide bonds. The topological polar surface area (TPSA) is 59.6 Å². The number of hydrogen-bond acceptors (Lipinski definition) is 2. The number of ether oxygens (including phenoxy) is 1. The van der Waals surface area contributed by atoms with Crippen LogP contribution >= 0.6 is 24.0 Å². The fourth-order valence-corrected chi connectivity index (χ4v) is 1.56. The Hall–Kier alpha value is -0.980. The first-order valence-electron chi connectivity index (χ1n) is 6.03. The van der Waals surface area contributed by atoms with E-state index in [1.807, 2.05) is 45.9 Å². The van der Waals surface area contributed by atoms with E-state index in [4.69, 9.17) is 10.5 Å². The lowest BCUT2D eigenvalue weighted by molar-refractivity contribution is 0.411. The molecule has 3 N–H and O–H groups in total. The lowest BCUT2D eigenvalue weighted by atomic mass is 10.1. The zero-order valence-electron chi connectivity index (χ0n) is 12.3. The van der Waals surface area contributed by atoms with E-state index in [2.05, 4.69) is 10.3 Å². The van der Waals surface area contributed by atoms with E-state index in [0.29, 0.717) is 12.5 Å². The van der Waals surface area contributed by atoms with Crippen LogP contribution < -0.4 is 15.8 Å². The van der Waals surface area contributed by atoms with Crippen molar-refractivity contribution in [3.63, 3.8) is 0 Å². The van der Waals surface area contributed by atoms with Crippen molar-refractivity contribution in [1.82, 2.24) is 5.32 Å². The van der Waals surface area contributed by atoms with Crippen molar-refractivity contribution in [2.75, 3.05) is 7.11 Å². The number of hydrogen-bond donors (Lipinski definition) is 2. The third kappa shape index (κ3) is 6.66. The lowest BCUT2D eigenvalue weighted by Gasteiger charge is -2.21. The summed E-state index contributed by atoms with van der Waals surface area (Å²) in [7, 11) is 1.67. The van der Waals surface area contributed by atoms with E-state index in [1.165, 1.54) is 0 Å². The normalized spacial score (nSPS) is 11.7. The largest absolute Gasteiger partial charge is 0.496 e. The Morgan fingerprint density at radius 3 is 2.53 bits per heavy atom. The first-order chi connectivity index (χ1) is 8.31. The molecule has 0 heterocycles. The van der Waals surface area contributed by atoms with E-state index < -0.39 is 0 Å². The van der Waals surface area contributed by atoms with Gasteiger partial charge in [-0.1, -0.05) is 12.1 Å². The molecule has 0 atom stereocenters. The molecule has 0 fully saturated rings. The summed E-state index contributed by atoms with van der Waals surface area (Å²) in [6, 6.07) is 6.05. The van der Waals surface area contributed by atoms with Crippen molar-refractivity contribution < 1.29 is 4.74 Å². The van der Waals surface area contributed by atoms with Crippen LogP contribution in [0, 0.1) is 6.92 Å². The van der Waals surface area contributed by atoms with Gasteiger partial charge in [0, 0.05) is 5.54 Å². The van der Waals surface area contributed by atoms with Gasteiger partial charge in [0.05, 0.1) is 13.7 Å². The molecule has 0 unspecified atom stereocenters. The molecule has 0 aliphatic heterocycles. The molecule has 0 aromatic heterocycles. The van der Waals surface area contributed by atoms with Crippen molar-refractivity contribution in [2.24, 2.45) is 10.7 Å². The summed E-state index contributed by atoms with van der Waals surface area (Å²) in [5.74, 6) is 1.34. The minimum atomic E-state index is -0.0709. The maximum absolute atomic E-state index is 5.82. The van der Waals surface area contributed by atoms with E-state index >= 15 is 0 Å². The highest BCUT2D eigenvalue weighted by molar-refractivity contribution is 14.0. The minimum Gasteiger partial charge on any atom is -0.496 e. The van der Waals surface area contributed by atoms with Crippen LogP contribution in [0.2, 0.25) is 0 Å². The van der Waals surface area contributed by atoms with Crippen molar-refractivity contribution >= 4 is 29.9 Å². The molecule has 1 rings (SSSR count). The maximum atomic E-state index is 5.82. The Labute approximate surface area is 132 Å². The number of nitrogens with two attached hydrogens (primary N) is 1. The van der Waals surface area contributed by atoms with Crippen molar-refractivity contribution in [1.29, 1.82) is 0 Å². The zero-order valence-corrected chi connectivity index (χ0v) is 14.6. The second-order valence-corrected chi connectivity index (χ2v) is 5.38. The van der Waals surface area contributed by atoms with Crippen LogP contribution in [0.4, 0.5) is 0 Å². The van der Waals surface area contributed by atoms with Crippen molar-refractivity contribution in [2.45, 2.75) is 39.8 Å². The van der Waals surface area contributed by atoms with Gasteiger partial charge in [-0.05, 0) is 44.9 Å². The van der Waals surface area contributed by atoms with Gasteiger partial charge in [-0.15, -0.1) is 24.0 Å². The van der Waals surface area contributed by atoms with Gasteiger partial charge in [-0.3, -0.25) is 0 Å². The highest BCUT2D eigenvalue weighted by atomic mass is 127. The molecule has 0 radical (unpaired) electrons. The molecule has 1 aromatic rings. The first kappa shape index (κ1) is 18.0. The van der Waals surface area contributed by atoms with E-state index in [0.717, 1.165) is 16.9 Å². The third-order valence-electron chi connectivity index (χ3n) is 2.41. The van der Waals surface area contributed by atoms with Crippen molar-refractivity contribution in [3.05, 3.63) is 29.3 Å². The monoisotopic (exact) mass is 377 g/mol. The van der Waals surface area contributed by atoms with Crippen LogP contribution in [0.1, 0.15) is 31.9 Å².